The zero-order valence-electron chi connectivity index (χ0n) is 13.9. The van der Waals surface area contributed by atoms with Gasteiger partial charge in [0, 0.05) is 12.2 Å². The minimum Gasteiger partial charge on any atom is -0.352 e. The molecule has 2 aromatic rings. The number of carbonyl (C=O) groups excluding carboxylic acids is 2. The quantitative estimate of drug-likeness (QED) is 0.799. The molecular formula is C19H21FN2O2. The normalized spacial score (nSPS) is 10.3. The lowest BCUT2D eigenvalue weighted by molar-refractivity contribution is -0.126. The molecule has 0 saturated carbocycles. The van der Waals surface area contributed by atoms with E-state index >= 15 is 0 Å². The largest absolute Gasteiger partial charge is 0.352 e. The second kappa shape index (κ2) is 8.24. The molecule has 2 N–H and O–H groups in total. The van der Waals surface area contributed by atoms with Gasteiger partial charge in [0.25, 0.3) is 0 Å². The maximum Gasteiger partial charge on any atom is 0.233 e. The first-order valence-corrected chi connectivity index (χ1v) is 7.89. The SMILES string of the molecule is CCc1cccc(C)c1NC(=O)CC(=O)NCc1ccc(F)cc1. The molecule has 4 nitrogen and oxygen atoms in total. The fraction of sp³-hybridized carbons (Fsp3) is 0.263. The molecule has 0 bridgehead atoms. The fourth-order valence-corrected chi connectivity index (χ4v) is 2.40. The minimum atomic E-state index is -0.372. The van der Waals surface area contributed by atoms with Gasteiger partial charge in [-0.2, -0.15) is 0 Å². The van der Waals surface area contributed by atoms with E-state index in [2.05, 4.69) is 10.6 Å². The van der Waals surface area contributed by atoms with Gasteiger partial charge < -0.3 is 10.6 Å². The van der Waals surface area contributed by atoms with E-state index in [-0.39, 0.29) is 30.6 Å². The van der Waals surface area contributed by atoms with E-state index < -0.39 is 0 Å². The Labute approximate surface area is 141 Å². The molecule has 24 heavy (non-hydrogen) atoms. The second-order valence-electron chi connectivity index (χ2n) is 5.59. The van der Waals surface area contributed by atoms with Crippen molar-refractivity contribution in [3.8, 4) is 0 Å². The van der Waals surface area contributed by atoms with Crippen molar-refractivity contribution in [1.82, 2.24) is 5.32 Å². The topological polar surface area (TPSA) is 58.2 Å². The van der Waals surface area contributed by atoms with E-state index in [1.165, 1.54) is 12.1 Å². The van der Waals surface area contributed by atoms with Gasteiger partial charge in [0.2, 0.25) is 11.8 Å². The highest BCUT2D eigenvalue weighted by Gasteiger charge is 2.12. The van der Waals surface area contributed by atoms with E-state index in [4.69, 9.17) is 0 Å². The summed E-state index contributed by atoms with van der Waals surface area (Å²) in [4.78, 5) is 24.0. The molecule has 0 aliphatic rings. The van der Waals surface area contributed by atoms with Crippen LogP contribution in [0.25, 0.3) is 0 Å². The highest BCUT2D eigenvalue weighted by Crippen LogP contribution is 2.21. The van der Waals surface area contributed by atoms with Crippen LogP contribution in [0, 0.1) is 12.7 Å². The van der Waals surface area contributed by atoms with Crippen LogP contribution in [0.1, 0.15) is 30.0 Å². The third-order valence-corrected chi connectivity index (χ3v) is 3.73. The number of anilines is 1. The van der Waals surface area contributed by atoms with Crippen molar-refractivity contribution >= 4 is 17.5 Å². The molecule has 2 rings (SSSR count). The van der Waals surface area contributed by atoms with Crippen LogP contribution in [0.15, 0.2) is 42.5 Å². The van der Waals surface area contributed by atoms with Crippen molar-refractivity contribution in [1.29, 1.82) is 0 Å². The van der Waals surface area contributed by atoms with Crippen LogP contribution in [0.3, 0.4) is 0 Å². The van der Waals surface area contributed by atoms with Crippen molar-refractivity contribution < 1.29 is 14.0 Å². The number of para-hydroxylation sites is 1. The summed E-state index contributed by atoms with van der Waals surface area (Å²) >= 11 is 0. The average Bonchev–Trinajstić information content (AvgIpc) is 2.56. The van der Waals surface area contributed by atoms with Gasteiger partial charge in [-0.15, -0.1) is 0 Å². The molecule has 0 aliphatic heterocycles. The summed E-state index contributed by atoms with van der Waals surface area (Å²) < 4.78 is 12.8. The van der Waals surface area contributed by atoms with E-state index in [0.29, 0.717) is 0 Å². The van der Waals surface area contributed by atoms with E-state index in [1.54, 1.807) is 12.1 Å². The van der Waals surface area contributed by atoms with Crippen molar-refractivity contribution in [3.63, 3.8) is 0 Å². The lowest BCUT2D eigenvalue weighted by Crippen LogP contribution is -2.28. The van der Waals surface area contributed by atoms with Crippen LogP contribution in [0.4, 0.5) is 10.1 Å². The minimum absolute atomic E-state index is 0.251. The summed E-state index contributed by atoms with van der Waals surface area (Å²) in [6.45, 7) is 4.19. The molecule has 0 fully saturated rings. The van der Waals surface area contributed by atoms with Gasteiger partial charge in [0.15, 0.2) is 0 Å². The van der Waals surface area contributed by atoms with Crippen molar-refractivity contribution in [2.75, 3.05) is 5.32 Å². The van der Waals surface area contributed by atoms with Gasteiger partial charge in [0.05, 0.1) is 0 Å². The smallest absolute Gasteiger partial charge is 0.233 e. The van der Waals surface area contributed by atoms with Gasteiger partial charge in [-0.1, -0.05) is 37.3 Å². The van der Waals surface area contributed by atoms with Crippen LogP contribution in [0.5, 0.6) is 0 Å². The van der Waals surface area contributed by atoms with Crippen LogP contribution < -0.4 is 10.6 Å². The summed E-state index contributed by atoms with van der Waals surface area (Å²) in [6, 6.07) is 11.7. The Kier molecular flexibility index (Phi) is 6.07. The first-order chi connectivity index (χ1) is 11.5. The van der Waals surface area contributed by atoms with E-state index in [1.807, 2.05) is 32.0 Å². The number of carbonyl (C=O) groups is 2. The standard InChI is InChI=1S/C19H21FN2O2/c1-3-15-6-4-5-13(2)19(15)22-18(24)11-17(23)21-12-14-7-9-16(20)10-8-14/h4-10H,3,11-12H2,1-2H3,(H,21,23)(H,22,24). The van der Waals surface area contributed by atoms with Gasteiger partial charge in [0.1, 0.15) is 12.2 Å². The first kappa shape index (κ1) is 17.7. The fourth-order valence-electron chi connectivity index (χ4n) is 2.40. The molecule has 2 aromatic carbocycles. The third-order valence-electron chi connectivity index (χ3n) is 3.73. The van der Waals surface area contributed by atoms with Gasteiger partial charge in [-0.05, 0) is 42.2 Å². The summed E-state index contributed by atoms with van der Waals surface area (Å²) in [5, 5.41) is 5.47. The molecular weight excluding hydrogens is 307 g/mol. The maximum absolute atomic E-state index is 12.8. The molecule has 2 amide bonds. The molecule has 0 aliphatic carbocycles. The zero-order valence-corrected chi connectivity index (χ0v) is 13.9. The lowest BCUT2D eigenvalue weighted by atomic mass is 10.1. The van der Waals surface area contributed by atoms with Crippen LogP contribution in [0.2, 0.25) is 0 Å². The lowest BCUT2D eigenvalue weighted by Gasteiger charge is -2.13. The molecule has 0 aromatic heterocycles. The summed E-state index contributed by atoms with van der Waals surface area (Å²) in [6.07, 6.45) is 0.548. The Balaban J connectivity index is 1.88. The highest BCUT2D eigenvalue weighted by atomic mass is 19.1. The van der Waals surface area contributed by atoms with Gasteiger partial charge >= 0.3 is 0 Å². The van der Waals surface area contributed by atoms with E-state index in [9.17, 15) is 14.0 Å². The predicted octanol–water partition coefficient (Wildman–Crippen LogP) is 3.34. The molecule has 126 valence electrons. The highest BCUT2D eigenvalue weighted by molar-refractivity contribution is 6.04. The Morgan fingerprint density at radius 3 is 2.42 bits per heavy atom. The Morgan fingerprint density at radius 1 is 1.04 bits per heavy atom. The number of amides is 2. The molecule has 0 radical (unpaired) electrons. The van der Waals surface area contributed by atoms with Crippen LogP contribution in [-0.4, -0.2) is 11.8 Å². The van der Waals surface area contributed by atoms with Crippen molar-refractivity contribution in [2.45, 2.75) is 33.2 Å². The van der Waals surface area contributed by atoms with Gasteiger partial charge in [-0.3, -0.25) is 9.59 Å². The zero-order chi connectivity index (χ0) is 17.5. The number of aryl methyl sites for hydroxylation is 2. The molecule has 5 heteroatoms. The number of hydrogen-bond acceptors (Lipinski definition) is 2. The number of hydrogen-bond donors (Lipinski definition) is 2. The number of nitrogens with one attached hydrogen (secondary N) is 2. The second-order valence-corrected chi connectivity index (χ2v) is 5.59. The maximum atomic E-state index is 12.8. The molecule has 0 saturated heterocycles. The van der Waals surface area contributed by atoms with Crippen LogP contribution >= 0.6 is 0 Å². The van der Waals surface area contributed by atoms with Crippen molar-refractivity contribution in [2.24, 2.45) is 0 Å². The Hall–Kier alpha value is -2.69. The predicted molar refractivity (Wildman–Crippen MR) is 92.1 cm³/mol. The number of halogens is 1. The summed E-state index contributed by atoms with van der Waals surface area (Å²) in [7, 11) is 0. The number of rotatable bonds is 6. The average molecular weight is 328 g/mol. The molecule has 0 heterocycles. The van der Waals surface area contributed by atoms with Gasteiger partial charge in [-0.25, -0.2) is 4.39 Å². The Bertz CT molecular complexity index is 727. The summed E-state index contributed by atoms with van der Waals surface area (Å²) in [5.74, 6) is -1.05. The van der Waals surface area contributed by atoms with Crippen molar-refractivity contribution in [3.05, 3.63) is 65.0 Å². The molecule has 0 spiro atoms. The Morgan fingerprint density at radius 2 is 1.75 bits per heavy atom. The summed E-state index contributed by atoms with van der Waals surface area (Å²) in [5.41, 5.74) is 3.55. The number of benzene rings is 2. The van der Waals surface area contributed by atoms with Crippen LogP contribution in [-0.2, 0) is 22.6 Å². The molecule has 0 unspecified atom stereocenters. The third kappa shape index (κ3) is 4.91. The monoisotopic (exact) mass is 328 g/mol. The molecule has 0 atom stereocenters. The first-order valence-electron chi connectivity index (χ1n) is 7.89. The van der Waals surface area contributed by atoms with E-state index in [0.717, 1.165) is 28.8 Å².